The van der Waals surface area contributed by atoms with E-state index >= 15 is 0 Å². The highest BCUT2D eigenvalue weighted by molar-refractivity contribution is 5.81. The number of nitrogens with one attached hydrogen (secondary N) is 1. The van der Waals surface area contributed by atoms with Crippen LogP contribution in [0.25, 0.3) is 0 Å². The normalized spacial score (nSPS) is 38.4. The second-order valence-electron chi connectivity index (χ2n) is 3.83. The van der Waals surface area contributed by atoms with Crippen molar-refractivity contribution in [1.29, 1.82) is 0 Å². The summed E-state index contributed by atoms with van der Waals surface area (Å²) in [5.41, 5.74) is 0. The quantitative estimate of drug-likeness (QED) is 0.626. The molecule has 0 unspecified atom stereocenters. The van der Waals surface area contributed by atoms with Crippen molar-refractivity contribution in [3.05, 3.63) is 0 Å². The van der Waals surface area contributed by atoms with Crippen LogP contribution in [-0.4, -0.2) is 35.9 Å². The first-order chi connectivity index (χ1) is 6.25. The minimum atomic E-state index is -0.238. The van der Waals surface area contributed by atoms with Gasteiger partial charge in [-0.3, -0.25) is 4.79 Å². The average Bonchev–Trinajstić information content (AvgIpc) is 2.53. The smallest absolute Gasteiger partial charge is 0.249 e. The molecule has 2 fully saturated rings. The third kappa shape index (κ3) is 2.00. The molecule has 1 atom stereocenters. The summed E-state index contributed by atoms with van der Waals surface area (Å²) in [6.45, 7) is 0.700. The van der Waals surface area contributed by atoms with E-state index in [1.165, 1.54) is 0 Å². The Balaban J connectivity index is 1.72. The molecular weight excluding hydrogens is 170 g/mol. The Kier molecular flexibility index (Phi) is 2.51. The molecule has 0 aromatic heterocycles. The first-order valence-electron chi connectivity index (χ1n) is 4.86. The summed E-state index contributed by atoms with van der Waals surface area (Å²) in [7, 11) is 0. The van der Waals surface area contributed by atoms with Gasteiger partial charge >= 0.3 is 0 Å². The topological polar surface area (TPSA) is 58.6 Å². The molecule has 13 heavy (non-hydrogen) atoms. The molecule has 1 heterocycles. The van der Waals surface area contributed by atoms with Crippen molar-refractivity contribution in [2.45, 2.75) is 43.9 Å². The molecule has 2 rings (SSSR count). The van der Waals surface area contributed by atoms with Gasteiger partial charge in [0.05, 0.1) is 6.10 Å². The zero-order valence-corrected chi connectivity index (χ0v) is 7.53. The lowest BCUT2D eigenvalue weighted by molar-refractivity contribution is -0.132. The Hall–Kier alpha value is -0.610. The van der Waals surface area contributed by atoms with E-state index in [0.29, 0.717) is 19.4 Å². The number of ether oxygens (including phenoxy) is 1. The van der Waals surface area contributed by atoms with Gasteiger partial charge in [-0.1, -0.05) is 0 Å². The lowest BCUT2D eigenvalue weighted by atomic mass is 9.89. The fourth-order valence-electron chi connectivity index (χ4n) is 1.78. The summed E-state index contributed by atoms with van der Waals surface area (Å²) in [4.78, 5) is 11.4. The Morgan fingerprint density at radius 3 is 2.77 bits per heavy atom. The van der Waals surface area contributed by atoms with Gasteiger partial charge in [-0.2, -0.15) is 0 Å². The van der Waals surface area contributed by atoms with Crippen LogP contribution in [0.4, 0.5) is 0 Å². The van der Waals surface area contributed by atoms with Gasteiger partial charge in [0.2, 0.25) is 5.91 Å². The lowest BCUT2D eigenvalue weighted by Gasteiger charge is -2.32. The third-order valence-electron chi connectivity index (χ3n) is 2.68. The lowest BCUT2D eigenvalue weighted by Crippen LogP contribution is -2.49. The standard InChI is InChI=1S/C9H15NO3/c11-7-4-6(5-7)10-9(12)8-2-1-3-13-8/h6-8,11H,1-5H2,(H,10,12)/t6?,7?,8-/m0/s1. The molecule has 1 saturated carbocycles. The molecule has 4 nitrogen and oxygen atoms in total. The number of aliphatic hydroxyl groups excluding tert-OH is 1. The van der Waals surface area contributed by atoms with Gasteiger partial charge in [0.15, 0.2) is 0 Å². The zero-order valence-electron chi connectivity index (χ0n) is 7.53. The van der Waals surface area contributed by atoms with Crippen LogP contribution in [0, 0.1) is 0 Å². The van der Waals surface area contributed by atoms with Crippen LogP contribution >= 0.6 is 0 Å². The van der Waals surface area contributed by atoms with Gasteiger partial charge in [0, 0.05) is 12.6 Å². The van der Waals surface area contributed by atoms with E-state index in [1.807, 2.05) is 0 Å². The number of carbonyl (C=O) groups is 1. The summed E-state index contributed by atoms with van der Waals surface area (Å²) < 4.78 is 5.24. The highest BCUT2D eigenvalue weighted by Crippen LogP contribution is 2.20. The number of carbonyl (C=O) groups excluding carboxylic acids is 1. The Morgan fingerprint density at radius 1 is 1.46 bits per heavy atom. The fourth-order valence-corrected chi connectivity index (χ4v) is 1.78. The molecule has 0 aromatic carbocycles. The van der Waals surface area contributed by atoms with Crippen molar-refractivity contribution in [2.75, 3.05) is 6.61 Å². The van der Waals surface area contributed by atoms with Crippen molar-refractivity contribution in [1.82, 2.24) is 5.32 Å². The SMILES string of the molecule is O=C(NC1CC(O)C1)[C@@H]1CCCO1. The van der Waals surface area contributed by atoms with Crippen LogP contribution in [0.3, 0.4) is 0 Å². The molecule has 1 aliphatic carbocycles. The largest absolute Gasteiger partial charge is 0.393 e. The van der Waals surface area contributed by atoms with Gasteiger partial charge in [0.1, 0.15) is 6.10 Å². The van der Waals surface area contributed by atoms with Crippen LogP contribution < -0.4 is 5.32 Å². The first-order valence-corrected chi connectivity index (χ1v) is 4.86. The van der Waals surface area contributed by atoms with Crippen molar-refractivity contribution in [3.8, 4) is 0 Å². The Labute approximate surface area is 77.3 Å². The maximum Gasteiger partial charge on any atom is 0.249 e. The molecule has 0 radical (unpaired) electrons. The van der Waals surface area contributed by atoms with Gasteiger partial charge in [-0.15, -0.1) is 0 Å². The highest BCUT2D eigenvalue weighted by atomic mass is 16.5. The summed E-state index contributed by atoms with van der Waals surface area (Å²) in [6, 6.07) is 0.173. The van der Waals surface area contributed by atoms with Crippen LogP contribution in [0.2, 0.25) is 0 Å². The first kappa shape index (κ1) is 8.97. The van der Waals surface area contributed by atoms with E-state index in [-0.39, 0.29) is 24.2 Å². The maximum absolute atomic E-state index is 11.4. The highest BCUT2D eigenvalue weighted by Gasteiger charge is 2.31. The monoisotopic (exact) mass is 185 g/mol. The number of aliphatic hydroxyl groups is 1. The minimum absolute atomic E-state index is 0.00519. The zero-order chi connectivity index (χ0) is 9.26. The summed E-state index contributed by atoms with van der Waals surface area (Å²) >= 11 is 0. The number of hydrogen-bond donors (Lipinski definition) is 2. The van der Waals surface area contributed by atoms with E-state index in [2.05, 4.69) is 5.32 Å². The Morgan fingerprint density at radius 2 is 2.23 bits per heavy atom. The van der Waals surface area contributed by atoms with Crippen molar-refractivity contribution >= 4 is 5.91 Å². The molecule has 4 heteroatoms. The van der Waals surface area contributed by atoms with Crippen molar-refractivity contribution in [3.63, 3.8) is 0 Å². The van der Waals surface area contributed by atoms with Crippen molar-refractivity contribution in [2.24, 2.45) is 0 Å². The van der Waals surface area contributed by atoms with E-state index in [4.69, 9.17) is 9.84 Å². The van der Waals surface area contributed by atoms with E-state index < -0.39 is 0 Å². The third-order valence-corrected chi connectivity index (χ3v) is 2.68. The van der Waals surface area contributed by atoms with Crippen LogP contribution in [0.15, 0.2) is 0 Å². The molecular formula is C9H15NO3. The number of rotatable bonds is 2. The number of hydrogen-bond acceptors (Lipinski definition) is 3. The van der Waals surface area contributed by atoms with Crippen LogP contribution in [-0.2, 0) is 9.53 Å². The predicted octanol–water partition coefficient (Wildman–Crippen LogP) is -0.195. The molecule has 74 valence electrons. The summed E-state index contributed by atoms with van der Waals surface area (Å²) in [5, 5.41) is 11.9. The minimum Gasteiger partial charge on any atom is -0.393 e. The van der Waals surface area contributed by atoms with Gasteiger partial charge in [-0.25, -0.2) is 0 Å². The molecule has 0 aromatic rings. The molecule has 1 aliphatic heterocycles. The van der Waals surface area contributed by atoms with Crippen molar-refractivity contribution < 1.29 is 14.6 Å². The van der Waals surface area contributed by atoms with Gasteiger partial charge < -0.3 is 15.2 Å². The molecule has 2 N–H and O–H groups in total. The molecule has 0 spiro atoms. The molecule has 1 amide bonds. The molecule has 1 saturated heterocycles. The van der Waals surface area contributed by atoms with Crippen LogP contribution in [0.5, 0.6) is 0 Å². The maximum atomic E-state index is 11.4. The Bertz CT molecular complexity index is 195. The molecule has 2 aliphatic rings. The predicted molar refractivity (Wildman–Crippen MR) is 46.1 cm³/mol. The van der Waals surface area contributed by atoms with Crippen LogP contribution in [0.1, 0.15) is 25.7 Å². The van der Waals surface area contributed by atoms with E-state index in [0.717, 1.165) is 12.8 Å². The number of amides is 1. The van der Waals surface area contributed by atoms with Gasteiger partial charge in [-0.05, 0) is 25.7 Å². The summed E-state index contributed by atoms with van der Waals surface area (Å²) in [6.07, 6.45) is 2.75. The molecule has 0 bridgehead atoms. The average molecular weight is 185 g/mol. The second kappa shape index (κ2) is 3.64. The van der Waals surface area contributed by atoms with Gasteiger partial charge in [0.25, 0.3) is 0 Å². The fraction of sp³-hybridized carbons (Fsp3) is 0.889. The second-order valence-corrected chi connectivity index (χ2v) is 3.83. The van der Waals surface area contributed by atoms with E-state index in [9.17, 15) is 4.79 Å². The van der Waals surface area contributed by atoms with E-state index in [1.54, 1.807) is 0 Å². The summed E-state index contributed by atoms with van der Waals surface area (Å²) in [5.74, 6) is -0.00519.